The van der Waals surface area contributed by atoms with Crippen LogP contribution in [-0.2, 0) is 19.1 Å². The average Bonchev–Trinajstić information content (AvgIpc) is 3.16. The summed E-state index contributed by atoms with van der Waals surface area (Å²) in [5.41, 5.74) is 4.30. The second kappa shape index (κ2) is 6.77. The maximum Gasteiger partial charge on any atom is 0.334 e. The number of carbonyl (C=O) groups excluding carboxylic acids is 2. The summed E-state index contributed by atoms with van der Waals surface area (Å²) in [6.07, 6.45) is 9.48. The third-order valence-electron chi connectivity index (χ3n) is 11.0. The molecule has 0 aromatic carbocycles. The molecule has 0 aromatic heterocycles. The van der Waals surface area contributed by atoms with Crippen molar-refractivity contribution >= 4 is 11.9 Å². The van der Waals surface area contributed by atoms with Gasteiger partial charge in [-0.3, -0.25) is 0 Å². The van der Waals surface area contributed by atoms with Gasteiger partial charge in [0.1, 0.15) is 0 Å². The van der Waals surface area contributed by atoms with Crippen LogP contribution in [-0.4, -0.2) is 23.1 Å². The van der Waals surface area contributed by atoms with Crippen LogP contribution in [0.4, 0.5) is 0 Å². The molecule has 0 amide bonds. The number of carbonyl (C=O) groups is 2. The molecule has 2 aliphatic heterocycles. The van der Waals surface area contributed by atoms with Gasteiger partial charge in [0.25, 0.3) is 0 Å². The molecule has 34 heavy (non-hydrogen) atoms. The first-order valence-corrected chi connectivity index (χ1v) is 13.2. The molecule has 4 nitrogen and oxygen atoms in total. The van der Waals surface area contributed by atoms with E-state index >= 15 is 0 Å². The quantitative estimate of drug-likeness (QED) is 0.329. The zero-order valence-corrected chi connectivity index (χ0v) is 21.3. The van der Waals surface area contributed by atoms with Gasteiger partial charge in [0, 0.05) is 24.0 Å². The van der Waals surface area contributed by atoms with E-state index in [1.165, 1.54) is 11.1 Å². The molecule has 182 valence electrons. The molecular formula is C30H38O4. The van der Waals surface area contributed by atoms with Gasteiger partial charge >= 0.3 is 11.9 Å². The van der Waals surface area contributed by atoms with Gasteiger partial charge < -0.3 is 9.47 Å². The second-order valence-electron chi connectivity index (χ2n) is 12.8. The molecule has 4 aliphatic carbocycles. The van der Waals surface area contributed by atoms with Crippen molar-refractivity contribution in [1.29, 1.82) is 0 Å². The molecular weight excluding hydrogens is 424 g/mol. The van der Waals surface area contributed by atoms with Crippen LogP contribution >= 0.6 is 0 Å². The van der Waals surface area contributed by atoms with E-state index in [0.717, 1.165) is 73.7 Å². The standard InChI is InChI=1S/C30H38O4/c1-17-9-7-11-27(5)15-29(23(13-21(17)27)19(3)25(31)33-29)30-16-28(6)12-8-10-18(2)22(28)14-24(30)20(4)26(32)34-30/h21-22H,1-2,7-16H2,3-6H3/t21-,22-,27-,28-,29-,30-/m0/s1. The number of rotatable bonds is 1. The van der Waals surface area contributed by atoms with Crippen LogP contribution in [0.25, 0.3) is 0 Å². The number of hydrogen-bond donors (Lipinski definition) is 0. The summed E-state index contributed by atoms with van der Waals surface area (Å²) in [5, 5.41) is 0. The first-order valence-electron chi connectivity index (χ1n) is 13.2. The smallest absolute Gasteiger partial charge is 0.334 e. The van der Waals surface area contributed by atoms with Crippen molar-refractivity contribution in [1.82, 2.24) is 0 Å². The van der Waals surface area contributed by atoms with Gasteiger partial charge in [-0.2, -0.15) is 0 Å². The summed E-state index contributed by atoms with van der Waals surface area (Å²) in [5.74, 6) is 0.213. The number of hydrogen-bond acceptors (Lipinski definition) is 4. The lowest BCUT2D eigenvalue weighted by atomic mass is 9.46. The first-order chi connectivity index (χ1) is 16.0. The number of esters is 2. The monoisotopic (exact) mass is 462 g/mol. The van der Waals surface area contributed by atoms with Crippen LogP contribution in [0.15, 0.2) is 46.6 Å². The molecule has 0 saturated heterocycles. The van der Waals surface area contributed by atoms with Crippen LogP contribution in [0.2, 0.25) is 0 Å². The van der Waals surface area contributed by atoms with E-state index in [0.29, 0.717) is 24.7 Å². The molecule has 4 fully saturated rings. The molecule has 2 heterocycles. The highest BCUT2D eigenvalue weighted by molar-refractivity contribution is 5.96. The molecule has 0 bridgehead atoms. The molecule has 0 N–H and O–H groups in total. The van der Waals surface area contributed by atoms with E-state index in [1.807, 2.05) is 13.8 Å². The third kappa shape index (κ3) is 2.55. The highest BCUT2D eigenvalue weighted by Gasteiger charge is 2.74. The van der Waals surface area contributed by atoms with Gasteiger partial charge in [0.05, 0.1) is 0 Å². The Balaban J connectivity index is 1.57. The lowest BCUT2D eigenvalue weighted by Crippen LogP contribution is -2.66. The zero-order chi connectivity index (χ0) is 24.3. The molecule has 0 aromatic rings. The number of allylic oxidation sites excluding steroid dienone is 2. The summed E-state index contributed by atoms with van der Waals surface area (Å²) in [6.45, 7) is 17.4. The van der Waals surface area contributed by atoms with E-state index in [-0.39, 0.29) is 22.8 Å². The summed E-state index contributed by atoms with van der Waals surface area (Å²) in [7, 11) is 0. The molecule has 0 radical (unpaired) electrons. The SMILES string of the molecule is C=C1CCC[C@@]2(C)C[C@]3([C@]45C[C@]6(C)CCCC(=C)[C@@H]6CC4=C(C)C(=O)O5)OC(=O)C(C)=C3C[C@@H]12. The minimum Gasteiger partial charge on any atom is -0.446 e. The van der Waals surface area contributed by atoms with Crippen LogP contribution in [0, 0.1) is 22.7 Å². The molecule has 6 rings (SSSR count). The van der Waals surface area contributed by atoms with Crippen molar-refractivity contribution in [2.24, 2.45) is 22.7 Å². The Labute approximate surface area is 203 Å². The third-order valence-corrected chi connectivity index (χ3v) is 11.0. The van der Waals surface area contributed by atoms with Crippen molar-refractivity contribution in [3.05, 3.63) is 46.6 Å². The van der Waals surface area contributed by atoms with Crippen LogP contribution in [0.1, 0.15) is 91.9 Å². The first kappa shape index (κ1) is 22.4. The molecule has 0 spiro atoms. The molecule has 6 atom stereocenters. The van der Waals surface area contributed by atoms with Gasteiger partial charge in [-0.25, -0.2) is 9.59 Å². The van der Waals surface area contributed by atoms with Crippen molar-refractivity contribution in [2.45, 2.75) is 103 Å². The highest BCUT2D eigenvalue weighted by atomic mass is 16.6. The molecule has 6 aliphatic rings. The number of ether oxygens (including phenoxy) is 2. The Morgan fingerprint density at radius 1 is 0.735 bits per heavy atom. The maximum atomic E-state index is 13.3. The highest BCUT2D eigenvalue weighted by Crippen LogP contribution is 2.70. The van der Waals surface area contributed by atoms with Crippen molar-refractivity contribution in [2.75, 3.05) is 0 Å². The Kier molecular flexibility index (Phi) is 4.45. The van der Waals surface area contributed by atoms with Gasteiger partial charge in [0.15, 0.2) is 11.2 Å². The van der Waals surface area contributed by atoms with Crippen LogP contribution in [0.3, 0.4) is 0 Å². The van der Waals surface area contributed by atoms with Crippen molar-refractivity contribution in [3.63, 3.8) is 0 Å². The Bertz CT molecular complexity index is 1030. The van der Waals surface area contributed by atoms with E-state index in [4.69, 9.17) is 9.47 Å². The number of fused-ring (bicyclic) bond motifs is 5. The lowest BCUT2D eigenvalue weighted by Gasteiger charge is -2.61. The summed E-state index contributed by atoms with van der Waals surface area (Å²) >= 11 is 0. The fourth-order valence-corrected chi connectivity index (χ4v) is 9.18. The minimum atomic E-state index is -0.910. The topological polar surface area (TPSA) is 52.6 Å². The van der Waals surface area contributed by atoms with E-state index in [2.05, 4.69) is 27.0 Å². The fourth-order valence-electron chi connectivity index (χ4n) is 9.18. The van der Waals surface area contributed by atoms with Gasteiger partial charge in [-0.1, -0.05) is 38.2 Å². The summed E-state index contributed by atoms with van der Waals surface area (Å²) in [6, 6.07) is 0. The Morgan fingerprint density at radius 3 is 1.50 bits per heavy atom. The fraction of sp³-hybridized carbons (Fsp3) is 0.667. The van der Waals surface area contributed by atoms with E-state index < -0.39 is 11.2 Å². The molecule has 4 heteroatoms. The van der Waals surface area contributed by atoms with Crippen molar-refractivity contribution in [3.8, 4) is 0 Å². The van der Waals surface area contributed by atoms with Gasteiger partial charge in [-0.05, 0) is 99.0 Å². The molecule has 0 unspecified atom stereocenters. The zero-order valence-electron chi connectivity index (χ0n) is 21.3. The van der Waals surface area contributed by atoms with Crippen LogP contribution < -0.4 is 0 Å². The van der Waals surface area contributed by atoms with E-state index in [1.54, 1.807) is 0 Å². The lowest BCUT2D eigenvalue weighted by molar-refractivity contribution is -0.209. The maximum absolute atomic E-state index is 13.3. The largest absolute Gasteiger partial charge is 0.446 e. The Morgan fingerprint density at radius 2 is 1.12 bits per heavy atom. The molecule has 4 saturated carbocycles. The summed E-state index contributed by atoms with van der Waals surface area (Å²) in [4.78, 5) is 26.5. The average molecular weight is 463 g/mol. The minimum absolute atomic E-state index is 0.0274. The predicted molar refractivity (Wildman–Crippen MR) is 131 cm³/mol. The van der Waals surface area contributed by atoms with Gasteiger partial charge in [-0.15, -0.1) is 0 Å². The van der Waals surface area contributed by atoms with E-state index in [9.17, 15) is 9.59 Å². The normalized spacial score (nSPS) is 46.0. The summed E-state index contributed by atoms with van der Waals surface area (Å²) < 4.78 is 13.1. The van der Waals surface area contributed by atoms with Crippen molar-refractivity contribution < 1.29 is 19.1 Å². The van der Waals surface area contributed by atoms with Gasteiger partial charge in [0.2, 0.25) is 0 Å². The Hall–Kier alpha value is -2.10. The van der Waals surface area contributed by atoms with Crippen LogP contribution in [0.5, 0.6) is 0 Å². The predicted octanol–water partition coefficient (Wildman–Crippen LogP) is 6.52. The second-order valence-corrected chi connectivity index (χ2v) is 12.8.